The van der Waals surface area contributed by atoms with Gasteiger partial charge in [0.1, 0.15) is 23.8 Å². The summed E-state index contributed by atoms with van der Waals surface area (Å²) in [7, 11) is 1.64. The summed E-state index contributed by atoms with van der Waals surface area (Å²) >= 11 is 0. The third-order valence-electron chi connectivity index (χ3n) is 4.43. The van der Waals surface area contributed by atoms with Gasteiger partial charge in [-0.15, -0.1) is 0 Å². The van der Waals surface area contributed by atoms with Gasteiger partial charge in [0.05, 0.1) is 25.8 Å². The molecule has 1 aliphatic rings. The van der Waals surface area contributed by atoms with Gasteiger partial charge in [-0.3, -0.25) is 4.79 Å². The predicted molar refractivity (Wildman–Crippen MR) is 91.5 cm³/mol. The quantitative estimate of drug-likeness (QED) is 0.792. The van der Waals surface area contributed by atoms with Gasteiger partial charge in [0, 0.05) is 24.3 Å². The lowest BCUT2D eigenvalue weighted by atomic mass is 10.1. The maximum atomic E-state index is 12.9. The Balaban J connectivity index is 1.55. The smallest absolute Gasteiger partial charge is 0.256 e. The van der Waals surface area contributed by atoms with E-state index >= 15 is 0 Å². The highest BCUT2D eigenvalue weighted by molar-refractivity contribution is 6.05. The minimum atomic E-state index is -0.148. The normalized spacial score (nSPS) is 17.6. The van der Waals surface area contributed by atoms with Gasteiger partial charge in [-0.1, -0.05) is 12.1 Å². The molecular formula is C18H18N4O3. The second kappa shape index (κ2) is 6.52. The number of carbonyl (C=O) groups excluding carboxylic acids is 1. The molecule has 0 radical (unpaired) electrons. The van der Waals surface area contributed by atoms with Crippen molar-refractivity contribution in [1.29, 1.82) is 0 Å². The Labute approximate surface area is 144 Å². The lowest BCUT2D eigenvalue weighted by Gasteiger charge is -2.33. The predicted octanol–water partition coefficient (Wildman–Crippen LogP) is 2.18. The molecule has 2 aromatic heterocycles. The summed E-state index contributed by atoms with van der Waals surface area (Å²) < 4.78 is 11.0. The zero-order valence-electron chi connectivity index (χ0n) is 13.8. The van der Waals surface area contributed by atoms with Gasteiger partial charge in [-0.25, -0.2) is 9.97 Å². The van der Waals surface area contributed by atoms with E-state index in [-0.39, 0.29) is 12.0 Å². The molecule has 1 fully saturated rings. The van der Waals surface area contributed by atoms with Gasteiger partial charge in [0.15, 0.2) is 0 Å². The minimum Gasteiger partial charge on any atom is -0.497 e. The second-order valence-electron chi connectivity index (χ2n) is 5.87. The summed E-state index contributed by atoms with van der Waals surface area (Å²) in [6, 6.07) is 7.74. The van der Waals surface area contributed by atoms with Crippen molar-refractivity contribution < 1.29 is 14.3 Å². The highest BCUT2D eigenvalue weighted by atomic mass is 16.5. The van der Waals surface area contributed by atoms with E-state index in [1.807, 2.05) is 29.2 Å². The van der Waals surface area contributed by atoms with Crippen LogP contribution in [0.1, 0.15) is 22.0 Å². The van der Waals surface area contributed by atoms with E-state index in [2.05, 4.69) is 15.0 Å². The van der Waals surface area contributed by atoms with E-state index in [1.54, 1.807) is 19.5 Å². The zero-order chi connectivity index (χ0) is 17.2. The Morgan fingerprint density at radius 3 is 3.00 bits per heavy atom. The number of hydrogen-bond acceptors (Lipinski definition) is 5. The monoisotopic (exact) mass is 338 g/mol. The average molecular weight is 338 g/mol. The van der Waals surface area contributed by atoms with Gasteiger partial charge >= 0.3 is 0 Å². The minimum absolute atomic E-state index is 0.0390. The maximum Gasteiger partial charge on any atom is 0.256 e. The number of ether oxygens (including phenoxy) is 2. The number of aromatic amines is 1. The highest BCUT2D eigenvalue weighted by Crippen LogP contribution is 2.26. The Kier molecular flexibility index (Phi) is 4.07. The van der Waals surface area contributed by atoms with E-state index in [1.165, 1.54) is 6.33 Å². The van der Waals surface area contributed by atoms with Crippen molar-refractivity contribution in [2.75, 3.05) is 26.8 Å². The molecule has 1 unspecified atom stereocenters. The molecule has 0 spiro atoms. The molecule has 1 N–H and O–H groups in total. The fourth-order valence-electron chi connectivity index (χ4n) is 3.06. The molecule has 1 aromatic carbocycles. The first-order chi connectivity index (χ1) is 12.3. The first kappa shape index (κ1) is 15.6. The molecule has 3 heterocycles. The Morgan fingerprint density at radius 2 is 2.20 bits per heavy atom. The third-order valence-corrected chi connectivity index (χ3v) is 4.43. The van der Waals surface area contributed by atoms with Gasteiger partial charge in [-0.2, -0.15) is 0 Å². The summed E-state index contributed by atoms with van der Waals surface area (Å²) in [4.78, 5) is 25.9. The number of nitrogens with one attached hydrogen (secondary N) is 1. The van der Waals surface area contributed by atoms with Crippen LogP contribution in [0.15, 0.2) is 43.0 Å². The molecule has 7 nitrogen and oxygen atoms in total. The maximum absolute atomic E-state index is 12.9. The summed E-state index contributed by atoms with van der Waals surface area (Å²) in [6.45, 7) is 1.57. The van der Waals surface area contributed by atoms with Crippen molar-refractivity contribution in [3.8, 4) is 5.75 Å². The van der Waals surface area contributed by atoms with Crippen molar-refractivity contribution in [2.24, 2.45) is 0 Å². The lowest BCUT2D eigenvalue weighted by Crippen LogP contribution is -2.42. The number of methoxy groups -OCH3 is 1. The van der Waals surface area contributed by atoms with Gasteiger partial charge in [-0.05, 0) is 17.7 Å². The molecule has 1 amide bonds. The van der Waals surface area contributed by atoms with Crippen LogP contribution in [0.4, 0.5) is 0 Å². The molecule has 25 heavy (non-hydrogen) atoms. The van der Waals surface area contributed by atoms with E-state index in [9.17, 15) is 4.79 Å². The van der Waals surface area contributed by atoms with Crippen LogP contribution in [-0.2, 0) is 4.74 Å². The molecular weight excluding hydrogens is 320 g/mol. The summed E-state index contributed by atoms with van der Waals surface area (Å²) in [6.07, 6.45) is 4.67. The second-order valence-corrected chi connectivity index (χ2v) is 5.87. The largest absolute Gasteiger partial charge is 0.497 e. The molecule has 0 bridgehead atoms. The van der Waals surface area contributed by atoms with Crippen LogP contribution in [0.2, 0.25) is 0 Å². The SMILES string of the molecule is COc1ccc(C2CN(C(=O)c3c[nH]c4ncncc34)CCO2)cc1. The number of amides is 1. The van der Waals surface area contributed by atoms with E-state index < -0.39 is 0 Å². The molecule has 3 aromatic rings. The molecule has 4 rings (SSSR count). The lowest BCUT2D eigenvalue weighted by molar-refractivity contribution is -0.0227. The summed E-state index contributed by atoms with van der Waals surface area (Å²) in [5.41, 5.74) is 2.28. The topological polar surface area (TPSA) is 80.3 Å². The molecule has 0 saturated carbocycles. The number of rotatable bonds is 3. The molecule has 1 atom stereocenters. The van der Waals surface area contributed by atoms with Crippen LogP contribution < -0.4 is 4.74 Å². The van der Waals surface area contributed by atoms with Gasteiger partial charge in [0.25, 0.3) is 5.91 Å². The summed E-state index contributed by atoms with van der Waals surface area (Å²) in [5.74, 6) is 0.758. The van der Waals surface area contributed by atoms with E-state index in [0.29, 0.717) is 30.9 Å². The highest BCUT2D eigenvalue weighted by Gasteiger charge is 2.27. The van der Waals surface area contributed by atoms with Crippen LogP contribution >= 0.6 is 0 Å². The number of benzene rings is 1. The molecule has 128 valence electrons. The Hall–Kier alpha value is -2.93. The number of fused-ring (bicyclic) bond motifs is 1. The fraction of sp³-hybridized carbons (Fsp3) is 0.278. The van der Waals surface area contributed by atoms with Crippen molar-refractivity contribution in [3.63, 3.8) is 0 Å². The molecule has 1 saturated heterocycles. The molecule has 1 aliphatic heterocycles. The molecule has 0 aliphatic carbocycles. The number of morpholine rings is 1. The number of aromatic nitrogens is 3. The Bertz CT molecular complexity index is 891. The van der Waals surface area contributed by atoms with Crippen molar-refractivity contribution in [3.05, 3.63) is 54.1 Å². The fourth-order valence-corrected chi connectivity index (χ4v) is 3.06. The molecule has 7 heteroatoms. The van der Waals surface area contributed by atoms with Gasteiger partial charge in [0.2, 0.25) is 0 Å². The van der Waals surface area contributed by atoms with Crippen LogP contribution in [0.25, 0.3) is 11.0 Å². The number of nitrogens with zero attached hydrogens (tertiary/aromatic N) is 3. The first-order valence-electron chi connectivity index (χ1n) is 8.08. The van der Waals surface area contributed by atoms with Crippen molar-refractivity contribution in [2.45, 2.75) is 6.10 Å². The average Bonchev–Trinajstić information content (AvgIpc) is 3.12. The van der Waals surface area contributed by atoms with Gasteiger partial charge < -0.3 is 19.4 Å². The van der Waals surface area contributed by atoms with Crippen LogP contribution in [0, 0.1) is 0 Å². The number of hydrogen-bond donors (Lipinski definition) is 1. The van der Waals surface area contributed by atoms with Crippen molar-refractivity contribution in [1.82, 2.24) is 19.9 Å². The third kappa shape index (κ3) is 2.94. The first-order valence-corrected chi connectivity index (χ1v) is 8.08. The van der Waals surface area contributed by atoms with E-state index in [0.717, 1.165) is 16.7 Å². The van der Waals surface area contributed by atoms with Crippen LogP contribution in [0.5, 0.6) is 5.75 Å². The van der Waals surface area contributed by atoms with E-state index in [4.69, 9.17) is 9.47 Å². The number of H-pyrrole nitrogens is 1. The Morgan fingerprint density at radius 1 is 1.36 bits per heavy atom. The standard InChI is InChI=1S/C18H18N4O3/c1-24-13-4-2-12(3-5-13)16-10-22(6-7-25-16)18(23)15-9-20-17-14(15)8-19-11-21-17/h2-5,8-9,11,16H,6-7,10H2,1H3,(H,19,20,21). The zero-order valence-corrected chi connectivity index (χ0v) is 13.8. The van der Waals surface area contributed by atoms with Crippen LogP contribution in [-0.4, -0.2) is 52.6 Å². The van der Waals surface area contributed by atoms with Crippen LogP contribution in [0.3, 0.4) is 0 Å². The summed E-state index contributed by atoms with van der Waals surface area (Å²) in [5, 5.41) is 0.736. The van der Waals surface area contributed by atoms with Crippen molar-refractivity contribution >= 4 is 16.9 Å². The number of carbonyl (C=O) groups is 1.